The molecule has 26 heavy (non-hydrogen) atoms. The van der Waals surface area contributed by atoms with Crippen molar-refractivity contribution in [1.82, 2.24) is 9.97 Å². The molecule has 0 radical (unpaired) electrons. The Hall–Kier alpha value is -2.97. The summed E-state index contributed by atoms with van der Waals surface area (Å²) in [5, 5.41) is 13.7. The topological polar surface area (TPSA) is 91.6 Å². The van der Waals surface area contributed by atoms with Gasteiger partial charge in [-0.05, 0) is 24.6 Å². The fourth-order valence-corrected chi connectivity index (χ4v) is 2.15. The molecular weight excluding hydrogens is 342 g/mol. The van der Waals surface area contributed by atoms with E-state index in [-0.39, 0.29) is 11.7 Å². The number of carbonyl (C=O) groups is 1. The number of rotatable bonds is 8. The Balaban J connectivity index is 2.19. The molecule has 0 bridgehead atoms. The van der Waals surface area contributed by atoms with Crippen LogP contribution >= 0.6 is 0 Å². The maximum absolute atomic E-state index is 13.2. The first-order chi connectivity index (χ1) is 12.5. The summed E-state index contributed by atoms with van der Waals surface area (Å²) in [5.41, 5.74) is 1.38. The highest BCUT2D eigenvalue weighted by molar-refractivity contribution is 5.93. The van der Waals surface area contributed by atoms with Gasteiger partial charge in [0.05, 0.1) is 12.2 Å². The van der Waals surface area contributed by atoms with E-state index in [1.165, 1.54) is 6.92 Å². The molecule has 2 rings (SSSR count). The Labute approximate surface area is 150 Å². The SMILES string of the molecule is CCCCCN=Nc1ccc(Nc2cc(F)nc(F)n2)cc1NC(C)=O. The van der Waals surface area contributed by atoms with Gasteiger partial charge in [-0.2, -0.15) is 29.0 Å². The van der Waals surface area contributed by atoms with Gasteiger partial charge in [-0.25, -0.2) is 0 Å². The molecule has 0 unspecified atom stereocenters. The van der Waals surface area contributed by atoms with Crippen LogP contribution in [-0.4, -0.2) is 22.4 Å². The number of aromatic nitrogens is 2. The number of benzene rings is 1. The molecule has 0 saturated carbocycles. The summed E-state index contributed by atoms with van der Waals surface area (Å²) in [6, 6.07) is 5.83. The predicted molar refractivity (Wildman–Crippen MR) is 94.9 cm³/mol. The second-order valence-corrected chi connectivity index (χ2v) is 5.56. The molecule has 7 nitrogen and oxygen atoms in total. The van der Waals surface area contributed by atoms with E-state index in [1.807, 2.05) is 0 Å². The zero-order valence-corrected chi connectivity index (χ0v) is 14.6. The molecule has 0 aliphatic heterocycles. The van der Waals surface area contributed by atoms with Crippen molar-refractivity contribution in [2.24, 2.45) is 10.2 Å². The van der Waals surface area contributed by atoms with Crippen LogP contribution in [0.25, 0.3) is 0 Å². The fourth-order valence-electron chi connectivity index (χ4n) is 2.15. The standard InChI is InChI=1S/C17H20F2N6O/c1-3-4-5-8-20-25-13-7-6-12(9-14(13)21-11(2)26)22-16-10-15(18)23-17(19)24-16/h6-7,9-10H,3-5,8H2,1-2H3,(H,21,26)(H,22,23,24). The molecule has 0 fully saturated rings. The Morgan fingerprint density at radius 3 is 2.69 bits per heavy atom. The zero-order valence-electron chi connectivity index (χ0n) is 14.6. The Morgan fingerprint density at radius 1 is 1.19 bits per heavy atom. The third-order valence-electron chi connectivity index (χ3n) is 3.29. The van der Waals surface area contributed by atoms with Gasteiger partial charge in [0.15, 0.2) is 0 Å². The van der Waals surface area contributed by atoms with Gasteiger partial charge in [-0.15, -0.1) is 0 Å². The minimum absolute atomic E-state index is 0.0438. The maximum Gasteiger partial charge on any atom is 0.313 e. The average molecular weight is 362 g/mol. The van der Waals surface area contributed by atoms with Crippen LogP contribution in [0.15, 0.2) is 34.5 Å². The van der Waals surface area contributed by atoms with Crippen molar-refractivity contribution >= 4 is 28.8 Å². The minimum Gasteiger partial charge on any atom is -0.340 e. The predicted octanol–water partition coefficient (Wildman–Crippen LogP) is 4.73. The molecule has 9 heteroatoms. The molecule has 1 aromatic carbocycles. The summed E-state index contributed by atoms with van der Waals surface area (Å²) >= 11 is 0. The summed E-state index contributed by atoms with van der Waals surface area (Å²) in [6.07, 6.45) is 1.94. The summed E-state index contributed by atoms with van der Waals surface area (Å²) in [7, 11) is 0. The minimum atomic E-state index is -1.17. The number of hydrogen-bond donors (Lipinski definition) is 2. The first-order valence-electron chi connectivity index (χ1n) is 8.24. The van der Waals surface area contributed by atoms with E-state index in [0.29, 0.717) is 23.6 Å². The molecule has 2 aromatic rings. The highest BCUT2D eigenvalue weighted by Crippen LogP contribution is 2.30. The normalized spacial score (nSPS) is 10.9. The van der Waals surface area contributed by atoms with Crippen LogP contribution in [0.3, 0.4) is 0 Å². The van der Waals surface area contributed by atoms with Crippen LogP contribution in [0.2, 0.25) is 0 Å². The maximum atomic E-state index is 13.2. The summed E-state index contributed by atoms with van der Waals surface area (Å²) in [5.74, 6) is -1.30. The fraction of sp³-hybridized carbons (Fsp3) is 0.353. The van der Waals surface area contributed by atoms with Crippen molar-refractivity contribution in [3.05, 3.63) is 36.3 Å². The molecule has 0 aliphatic carbocycles. The first-order valence-corrected chi connectivity index (χ1v) is 8.24. The Bertz CT molecular complexity index is 777. The molecule has 1 heterocycles. The Kier molecular flexibility index (Phi) is 7.07. The van der Waals surface area contributed by atoms with Crippen molar-refractivity contribution in [3.63, 3.8) is 0 Å². The summed E-state index contributed by atoms with van der Waals surface area (Å²) in [4.78, 5) is 17.8. The monoisotopic (exact) mass is 362 g/mol. The van der Waals surface area contributed by atoms with Crippen LogP contribution in [-0.2, 0) is 4.79 Å². The summed E-state index contributed by atoms with van der Waals surface area (Å²) < 4.78 is 26.2. The Morgan fingerprint density at radius 2 is 2.00 bits per heavy atom. The number of hydrogen-bond acceptors (Lipinski definition) is 6. The third kappa shape index (κ3) is 6.15. The van der Waals surface area contributed by atoms with Crippen LogP contribution < -0.4 is 10.6 Å². The van der Waals surface area contributed by atoms with E-state index in [1.54, 1.807) is 18.2 Å². The largest absolute Gasteiger partial charge is 0.340 e. The van der Waals surface area contributed by atoms with Crippen LogP contribution in [0.1, 0.15) is 33.1 Å². The van der Waals surface area contributed by atoms with Gasteiger partial charge >= 0.3 is 6.08 Å². The molecular formula is C17H20F2N6O. The molecule has 0 saturated heterocycles. The van der Waals surface area contributed by atoms with E-state index < -0.39 is 12.0 Å². The number of unbranched alkanes of at least 4 members (excludes halogenated alkanes) is 2. The molecule has 0 aliphatic rings. The number of amides is 1. The lowest BCUT2D eigenvalue weighted by atomic mass is 10.2. The van der Waals surface area contributed by atoms with Crippen molar-refractivity contribution in [1.29, 1.82) is 0 Å². The van der Waals surface area contributed by atoms with Gasteiger partial charge in [0, 0.05) is 18.7 Å². The van der Waals surface area contributed by atoms with Crippen molar-refractivity contribution in [2.75, 3.05) is 17.2 Å². The number of nitrogens with zero attached hydrogens (tertiary/aromatic N) is 4. The molecule has 1 amide bonds. The first kappa shape index (κ1) is 19.4. The molecule has 138 valence electrons. The van der Waals surface area contributed by atoms with Crippen LogP contribution in [0, 0.1) is 12.0 Å². The van der Waals surface area contributed by atoms with E-state index >= 15 is 0 Å². The highest BCUT2D eigenvalue weighted by Gasteiger charge is 2.08. The van der Waals surface area contributed by atoms with Crippen molar-refractivity contribution in [2.45, 2.75) is 33.1 Å². The van der Waals surface area contributed by atoms with Crippen molar-refractivity contribution in [3.8, 4) is 0 Å². The van der Waals surface area contributed by atoms with Gasteiger partial charge in [-0.1, -0.05) is 19.8 Å². The number of nitrogens with one attached hydrogen (secondary N) is 2. The van der Waals surface area contributed by atoms with E-state index in [2.05, 4.69) is 37.8 Å². The van der Waals surface area contributed by atoms with Crippen molar-refractivity contribution < 1.29 is 13.6 Å². The lowest BCUT2D eigenvalue weighted by molar-refractivity contribution is -0.114. The molecule has 0 spiro atoms. The smallest absolute Gasteiger partial charge is 0.313 e. The molecule has 2 N–H and O–H groups in total. The number of azo groups is 1. The van der Waals surface area contributed by atoms with Gasteiger partial charge in [0.1, 0.15) is 11.5 Å². The summed E-state index contributed by atoms with van der Waals surface area (Å²) in [6.45, 7) is 4.08. The number of halogens is 2. The second-order valence-electron chi connectivity index (χ2n) is 5.56. The van der Waals surface area contributed by atoms with E-state index in [9.17, 15) is 13.6 Å². The quantitative estimate of drug-likeness (QED) is 0.307. The van der Waals surface area contributed by atoms with Crippen LogP contribution in [0.5, 0.6) is 0 Å². The molecule has 0 atom stereocenters. The van der Waals surface area contributed by atoms with Gasteiger partial charge in [0.25, 0.3) is 0 Å². The van der Waals surface area contributed by atoms with E-state index in [0.717, 1.165) is 25.3 Å². The highest BCUT2D eigenvalue weighted by atomic mass is 19.1. The number of anilines is 3. The van der Waals surface area contributed by atoms with E-state index in [4.69, 9.17) is 0 Å². The zero-order chi connectivity index (χ0) is 18.9. The third-order valence-corrected chi connectivity index (χ3v) is 3.29. The molecule has 1 aromatic heterocycles. The van der Waals surface area contributed by atoms with Gasteiger partial charge < -0.3 is 10.6 Å². The van der Waals surface area contributed by atoms with Gasteiger partial charge in [0.2, 0.25) is 11.9 Å². The van der Waals surface area contributed by atoms with Crippen LogP contribution in [0.4, 0.5) is 31.7 Å². The average Bonchev–Trinajstić information content (AvgIpc) is 2.55. The lowest BCUT2D eigenvalue weighted by Crippen LogP contribution is -2.06. The lowest BCUT2D eigenvalue weighted by Gasteiger charge is -2.10. The van der Waals surface area contributed by atoms with Gasteiger partial charge in [-0.3, -0.25) is 4.79 Å². The second kappa shape index (κ2) is 9.50. The number of carbonyl (C=O) groups excluding carboxylic acids is 1.